The Labute approximate surface area is 91.3 Å². The molecule has 2 N–H and O–H groups in total. The molecule has 0 radical (unpaired) electrons. The van der Waals surface area contributed by atoms with Crippen molar-refractivity contribution in [3.8, 4) is 0 Å². The summed E-state index contributed by atoms with van der Waals surface area (Å²) in [5.41, 5.74) is 1.43. The zero-order valence-electron chi connectivity index (χ0n) is 9.55. The summed E-state index contributed by atoms with van der Waals surface area (Å²) >= 11 is 0. The van der Waals surface area contributed by atoms with Crippen LogP contribution >= 0.6 is 0 Å². The lowest BCUT2D eigenvalue weighted by Crippen LogP contribution is -2.56. The fourth-order valence-electron chi connectivity index (χ4n) is 2.85. The Hall–Kier alpha value is -0.830. The number of carbonyl (C=O) groups excluding carboxylic acids is 1. The number of allylic oxidation sites excluding steroid dienone is 2. The maximum absolute atomic E-state index is 11.7. The predicted molar refractivity (Wildman–Crippen MR) is 60.4 cm³/mol. The van der Waals surface area contributed by atoms with E-state index in [0.29, 0.717) is 11.8 Å². The SMILES string of the molecule is CC1=CC(C)CC(C2NCCNC2=O)C1. The third-order valence-electron chi connectivity index (χ3n) is 3.37. The van der Waals surface area contributed by atoms with Crippen LogP contribution in [0.2, 0.25) is 0 Å². The second kappa shape index (κ2) is 4.35. The first-order chi connectivity index (χ1) is 7.16. The van der Waals surface area contributed by atoms with E-state index in [2.05, 4.69) is 30.6 Å². The number of rotatable bonds is 1. The van der Waals surface area contributed by atoms with Crippen molar-refractivity contribution in [1.82, 2.24) is 10.6 Å². The minimum Gasteiger partial charge on any atom is -0.353 e. The topological polar surface area (TPSA) is 41.1 Å². The molecule has 84 valence electrons. The zero-order chi connectivity index (χ0) is 10.8. The van der Waals surface area contributed by atoms with E-state index in [-0.39, 0.29) is 11.9 Å². The number of piperazine rings is 1. The smallest absolute Gasteiger partial charge is 0.237 e. The Morgan fingerprint density at radius 1 is 1.40 bits per heavy atom. The molecule has 1 fully saturated rings. The van der Waals surface area contributed by atoms with Crippen molar-refractivity contribution in [2.45, 2.75) is 32.7 Å². The van der Waals surface area contributed by atoms with Crippen LogP contribution in [0.4, 0.5) is 0 Å². The molecule has 3 heteroatoms. The summed E-state index contributed by atoms with van der Waals surface area (Å²) in [6.07, 6.45) is 4.52. The molecular weight excluding hydrogens is 188 g/mol. The minimum atomic E-state index is 0.0323. The Balaban J connectivity index is 2.04. The first-order valence-electron chi connectivity index (χ1n) is 5.85. The van der Waals surface area contributed by atoms with Gasteiger partial charge in [-0.1, -0.05) is 18.6 Å². The molecule has 1 aliphatic heterocycles. The summed E-state index contributed by atoms with van der Waals surface area (Å²) in [6, 6.07) is 0.0323. The molecular formula is C12H20N2O. The summed E-state index contributed by atoms with van der Waals surface area (Å²) in [5.74, 6) is 1.28. The number of amides is 1. The van der Waals surface area contributed by atoms with Gasteiger partial charge >= 0.3 is 0 Å². The van der Waals surface area contributed by atoms with Crippen molar-refractivity contribution in [2.75, 3.05) is 13.1 Å². The van der Waals surface area contributed by atoms with Crippen LogP contribution in [-0.2, 0) is 4.79 Å². The highest BCUT2D eigenvalue weighted by Crippen LogP contribution is 2.30. The van der Waals surface area contributed by atoms with Gasteiger partial charge in [-0.05, 0) is 31.6 Å². The summed E-state index contributed by atoms with van der Waals surface area (Å²) in [6.45, 7) is 6.08. The van der Waals surface area contributed by atoms with Crippen LogP contribution in [0.5, 0.6) is 0 Å². The highest BCUT2D eigenvalue weighted by atomic mass is 16.2. The van der Waals surface area contributed by atoms with Gasteiger partial charge in [-0.2, -0.15) is 0 Å². The molecule has 0 aromatic carbocycles. The molecule has 2 rings (SSSR count). The first-order valence-corrected chi connectivity index (χ1v) is 5.85. The van der Waals surface area contributed by atoms with Crippen molar-refractivity contribution >= 4 is 5.91 Å². The third kappa shape index (κ3) is 2.40. The van der Waals surface area contributed by atoms with Gasteiger partial charge in [-0.15, -0.1) is 0 Å². The van der Waals surface area contributed by atoms with Crippen LogP contribution in [0.25, 0.3) is 0 Å². The standard InChI is InChI=1S/C12H20N2O/c1-8-5-9(2)7-10(6-8)11-12(15)14-4-3-13-11/h5,8,10-11,13H,3-4,6-7H2,1-2H3,(H,14,15). The van der Waals surface area contributed by atoms with E-state index in [9.17, 15) is 4.79 Å². The normalized spacial score (nSPS) is 37.1. The van der Waals surface area contributed by atoms with Gasteiger partial charge in [0.05, 0.1) is 6.04 Å². The second-order valence-corrected chi connectivity index (χ2v) is 4.91. The van der Waals surface area contributed by atoms with Crippen LogP contribution in [-0.4, -0.2) is 25.0 Å². The van der Waals surface area contributed by atoms with Crippen molar-refractivity contribution in [3.63, 3.8) is 0 Å². The highest BCUT2D eigenvalue weighted by Gasteiger charge is 2.32. The van der Waals surface area contributed by atoms with Crippen molar-refractivity contribution < 1.29 is 4.79 Å². The molecule has 1 saturated heterocycles. The summed E-state index contributed by atoms with van der Waals surface area (Å²) in [7, 11) is 0. The van der Waals surface area contributed by atoms with E-state index in [1.54, 1.807) is 0 Å². The van der Waals surface area contributed by atoms with Gasteiger partial charge in [0.25, 0.3) is 0 Å². The van der Waals surface area contributed by atoms with Gasteiger partial charge < -0.3 is 10.6 Å². The van der Waals surface area contributed by atoms with Crippen molar-refractivity contribution in [3.05, 3.63) is 11.6 Å². The number of hydrogen-bond acceptors (Lipinski definition) is 2. The molecule has 0 aromatic heterocycles. The Morgan fingerprint density at radius 2 is 2.20 bits per heavy atom. The van der Waals surface area contributed by atoms with Gasteiger partial charge in [0.1, 0.15) is 0 Å². The van der Waals surface area contributed by atoms with Gasteiger partial charge in [0.15, 0.2) is 0 Å². The average molecular weight is 208 g/mol. The lowest BCUT2D eigenvalue weighted by atomic mass is 9.79. The van der Waals surface area contributed by atoms with Crippen LogP contribution in [0.3, 0.4) is 0 Å². The Kier molecular flexibility index (Phi) is 3.10. The van der Waals surface area contributed by atoms with Gasteiger partial charge in [0, 0.05) is 13.1 Å². The van der Waals surface area contributed by atoms with E-state index in [1.807, 2.05) is 0 Å². The summed E-state index contributed by atoms with van der Waals surface area (Å²) in [5, 5.41) is 6.28. The van der Waals surface area contributed by atoms with Crippen molar-refractivity contribution in [1.29, 1.82) is 0 Å². The Morgan fingerprint density at radius 3 is 2.87 bits per heavy atom. The lowest BCUT2D eigenvalue weighted by Gasteiger charge is -2.34. The number of carbonyl (C=O) groups is 1. The quantitative estimate of drug-likeness (QED) is 0.633. The molecule has 0 spiro atoms. The molecule has 2 aliphatic rings. The van der Waals surface area contributed by atoms with E-state index in [4.69, 9.17) is 0 Å². The van der Waals surface area contributed by atoms with Crippen molar-refractivity contribution in [2.24, 2.45) is 11.8 Å². The fraction of sp³-hybridized carbons (Fsp3) is 0.750. The predicted octanol–water partition coefficient (Wildman–Crippen LogP) is 1.07. The molecule has 3 unspecified atom stereocenters. The fourth-order valence-corrected chi connectivity index (χ4v) is 2.85. The highest BCUT2D eigenvalue weighted by molar-refractivity contribution is 5.82. The monoisotopic (exact) mass is 208 g/mol. The van der Waals surface area contributed by atoms with Crippen LogP contribution < -0.4 is 10.6 Å². The van der Waals surface area contributed by atoms with E-state index in [1.165, 1.54) is 5.57 Å². The molecule has 1 aliphatic carbocycles. The second-order valence-electron chi connectivity index (χ2n) is 4.91. The molecule has 15 heavy (non-hydrogen) atoms. The zero-order valence-corrected chi connectivity index (χ0v) is 9.55. The summed E-state index contributed by atoms with van der Waals surface area (Å²) in [4.78, 5) is 11.7. The maximum Gasteiger partial charge on any atom is 0.237 e. The molecule has 0 saturated carbocycles. The molecule has 3 atom stereocenters. The largest absolute Gasteiger partial charge is 0.353 e. The van der Waals surface area contributed by atoms with Gasteiger partial charge in [0.2, 0.25) is 5.91 Å². The Bertz CT molecular complexity index is 285. The third-order valence-corrected chi connectivity index (χ3v) is 3.37. The number of nitrogens with one attached hydrogen (secondary N) is 2. The van der Waals surface area contributed by atoms with Crippen LogP contribution in [0.1, 0.15) is 26.7 Å². The minimum absolute atomic E-state index is 0.0323. The van der Waals surface area contributed by atoms with Crippen LogP contribution in [0, 0.1) is 11.8 Å². The van der Waals surface area contributed by atoms with Crippen LogP contribution in [0.15, 0.2) is 11.6 Å². The van der Waals surface area contributed by atoms with E-state index >= 15 is 0 Å². The molecule has 1 heterocycles. The average Bonchev–Trinajstić information content (AvgIpc) is 2.16. The lowest BCUT2D eigenvalue weighted by molar-refractivity contribution is -0.125. The molecule has 3 nitrogen and oxygen atoms in total. The van der Waals surface area contributed by atoms with E-state index < -0.39 is 0 Å². The molecule has 0 bridgehead atoms. The summed E-state index contributed by atoms with van der Waals surface area (Å²) < 4.78 is 0. The molecule has 0 aromatic rings. The van der Waals surface area contributed by atoms with Gasteiger partial charge in [-0.3, -0.25) is 4.79 Å². The molecule has 1 amide bonds. The van der Waals surface area contributed by atoms with E-state index in [0.717, 1.165) is 25.9 Å². The maximum atomic E-state index is 11.7. The van der Waals surface area contributed by atoms with Gasteiger partial charge in [-0.25, -0.2) is 0 Å². The number of hydrogen-bond donors (Lipinski definition) is 2. The first kappa shape index (κ1) is 10.7.